The molecule has 2 heteroatoms. The Morgan fingerprint density at radius 2 is 0.811 bits per heavy atom. The van der Waals surface area contributed by atoms with E-state index < -0.39 is 0 Å². The quantitative estimate of drug-likeness (QED) is 0.271. The number of rotatable bonds is 6. The van der Waals surface area contributed by atoms with Gasteiger partial charge in [-0.05, 0) is 54.4 Å². The van der Waals surface area contributed by atoms with Crippen LogP contribution in [0, 0.1) is 11.8 Å². The number of hydrogen-bond donors (Lipinski definition) is 0. The summed E-state index contributed by atoms with van der Waals surface area (Å²) < 4.78 is 0. The molecule has 6 atom stereocenters. The Labute approximate surface area is 222 Å². The zero-order valence-electron chi connectivity index (χ0n) is 22.0. The zero-order valence-corrected chi connectivity index (χ0v) is 22.0. The molecule has 2 nitrogen and oxygen atoms in total. The van der Waals surface area contributed by atoms with E-state index in [0.29, 0.717) is 36.0 Å². The highest BCUT2D eigenvalue weighted by Crippen LogP contribution is 2.52. The molecule has 2 bridgehead atoms. The van der Waals surface area contributed by atoms with E-state index in [4.69, 9.17) is 0 Å². The first-order valence-electron chi connectivity index (χ1n) is 13.9. The summed E-state index contributed by atoms with van der Waals surface area (Å²) in [6.07, 6.45) is 1.27. The van der Waals surface area contributed by atoms with Gasteiger partial charge in [0.2, 0.25) is 0 Å². The van der Waals surface area contributed by atoms with Crippen molar-refractivity contribution in [2.45, 2.75) is 44.4 Å². The molecule has 0 amide bonds. The monoisotopic (exact) mass is 486 g/mol. The number of hydrogen-bond acceptors (Lipinski definition) is 2. The van der Waals surface area contributed by atoms with Crippen molar-refractivity contribution in [3.8, 4) is 0 Å². The number of fused-ring (bicyclic) bond motifs is 2. The number of likely N-dealkylation sites (tertiary alicyclic amines) is 2. The molecule has 0 aromatic heterocycles. The van der Waals surface area contributed by atoms with Crippen LogP contribution in [0.2, 0.25) is 0 Å². The maximum atomic E-state index is 2.82. The van der Waals surface area contributed by atoms with E-state index in [2.05, 4.69) is 145 Å². The van der Waals surface area contributed by atoms with Crippen LogP contribution in [0.1, 0.15) is 66.7 Å². The molecule has 0 spiro atoms. The lowest BCUT2D eigenvalue weighted by Crippen LogP contribution is -2.56. The van der Waals surface area contributed by atoms with Gasteiger partial charge in [0.05, 0.1) is 0 Å². The number of benzene rings is 4. The molecule has 6 rings (SSSR count). The molecule has 2 saturated heterocycles. The fourth-order valence-electron chi connectivity index (χ4n) is 7.18. The smallest absolute Gasteiger partial charge is 0.0394 e. The van der Waals surface area contributed by atoms with Crippen molar-refractivity contribution in [2.24, 2.45) is 11.8 Å². The summed E-state index contributed by atoms with van der Waals surface area (Å²) in [7, 11) is 0. The molecule has 2 aliphatic heterocycles. The first-order valence-corrected chi connectivity index (χ1v) is 13.9. The summed E-state index contributed by atoms with van der Waals surface area (Å²) in [6.45, 7) is 7.02. The minimum atomic E-state index is 0.367. The first-order chi connectivity index (χ1) is 18.2. The Morgan fingerprint density at radius 3 is 1.16 bits per heavy atom. The Morgan fingerprint density at radius 1 is 0.486 bits per heavy atom. The lowest BCUT2D eigenvalue weighted by molar-refractivity contribution is -0.0794. The second-order valence-corrected chi connectivity index (χ2v) is 11.0. The third-order valence-electron chi connectivity index (χ3n) is 8.94. The summed E-state index contributed by atoms with van der Waals surface area (Å²) in [5, 5.41) is 0. The highest BCUT2D eigenvalue weighted by Gasteiger charge is 2.48. The second kappa shape index (κ2) is 10.7. The first kappa shape index (κ1) is 24.2. The van der Waals surface area contributed by atoms with Gasteiger partial charge in [0.1, 0.15) is 0 Å². The maximum Gasteiger partial charge on any atom is 0.0394 e. The third kappa shape index (κ3) is 4.77. The molecule has 2 fully saturated rings. The summed E-state index contributed by atoms with van der Waals surface area (Å²) in [4.78, 5) is 5.65. The van der Waals surface area contributed by atoms with E-state index in [-0.39, 0.29) is 0 Å². The van der Waals surface area contributed by atoms with Crippen LogP contribution in [-0.4, -0.2) is 22.9 Å². The van der Waals surface area contributed by atoms with Crippen molar-refractivity contribution in [3.05, 3.63) is 144 Å². The third-order valence-corrected chi connectivity index (χ3v) is 8.94. The van der Waals surface area contributed by atoms with Crippen molar-refractivity contribution in [3.63, 3.8) is 0 Å². The molecular weight excluding hydrogens is 448 g/mol. The fourth-order valence-corrected chi connectivity index (χ4v) is 7.18. The number of nitrogens with zero attached hydrogens (tertiary/aromatic N) is 2. The van der Waals surface area contributed by atoms with Crippen LogP contribution in [0.3, 0.4) is 0 Å². The SMILES string of the molecule is C[C@@H](c1ccccc1)N1C[C@@H]2CC(CN([C@@H](C)c3ccccc3)[C@H]2c2ccccc2)C1c1ccccc1. The zero-order chi connectivity index (χ0) is 25.2. The van der Waals surface area contributed by atoms with Crippen LogP contribution in [0.4, 0.5) is 0 Å². The Balaban J connectivity index is 1.42. The van der Waals surface area contributed by atoms with E-state index >= 15 is 0 Å². The average molecular weight is 487 g/mol. The normalized spacial score (nSPS) is 25.9. The number of piperidine rings is 2. The van der Waals surface area contributed by atoms with Gasteiger partial charge in [0, 0.05) is 37.3 Å². The van der Waals surface area contributed by atoms with E-state index in [9.17, 15) is 0 Å². The molecule has 2 heterocycles. The fraction of sp³-hybridized carbons (Fsp3) is 0.314. The van der Waals surface area contributed by atoms with Crippen LogP contribution in [0.15, 0.2) is 121 Å². The Hall–Kier alpha value is -3.20. The molecule has 2 aliphatic rings. The van der Waals surface area contributed by atoms with Crippen LogP contribution in [-0.2, 0) is 0 Å². The minimum absolute atomic E-state index is 0.367. The summed E-state index contributed by atoms with van der Waals surface area (Å²) >= 11 is 0. The molecule has 0 N–H and O–H groups in total. The van der Waals surface area contributed by atoms with Crippen molar-refractivity contribution in [1.82, 2.24) is 9.80 Å². The Bertz CT molecular complexity index is 1160. The van der Waals surface area contributed by atoms with Gasteiger partial charge in [-0.25, -0.2) is 0 Å². The van der Waals surface area contributed by atoms with Crippen LogP contribution < -0.4 is 0 Å². The van der Waals surface area contributed by atoms with Gasteiger partial charge in [-0.2, -0.15) is 0 Å². The summed E-state index contributed by atoms with van der Waals surface area (Å²) in [5.74, 6) is 1.16. The molecule has 4 aromatic carbocycles. The van der Waals surface area contributed by atoms with Gasteiger partial charge >= 0.3 is 0 Å². The van der Waals surface area contributed by atoms with E-state index in [0.717, 1.165) is 13.1 Å². The largest absolute Gasteiger partial charge is 0.289 e. The van der Waals surface area contributed by atoms with E-state index in [1.54, 1.807) is 0 Å². The molecule has 0 saturated carbocycles. The second-order valence-electron chi connectivity index (χ2n) is 11.0. The van der Waals surface area contributed by atoms with Crippen molar-refractivity contribution in [1.29, 1.82) is 0 Å². The van der Waals surface area contributed by atoms with Crippen LogP contribution in [0.25, 0.3) is 0 Å². The Kier molecular flexibility index (Phi) is 6.95. The van der Waals surface area contributed by atoms with Crippen molar-refractivity contribution < 1.29 is 0 Å². The predicted molar refractivity (Wildman–Crippen MR) is 153 cm³/mol. The van der Waals surface area contributed by atoms with Gasteiger partial charge in [0.15, 0.2) is 0 Å². The molecular formula is C35H38N2. The topological polar surface area (TPSA) is 6.48 Å². The van der Waals surface area contributed by atoms with Crippen molar-refractivity contribution >= 4 is 0 Å². The van der Waals surface area contributed by atoms with E-state index in [1.807, 2.05) is 0 Å². The molecule has 188 valence electrons. The van der Waals surface area contributed by atoms with Gasteiger partial charge in [0.25, 0.3) is 0 Å². The van der Waals surface area contributed by atoms with Gasteiger partial charge in [-0.3, -0.25) is 9.80 Å². The summed E-state index contributed by atoms with van der Waals surface area (Å²) in [6, 6.07) is 46.3. The van der Waals surface area contributed by atoms with Gasteiger partial charge in [-0.15, -0.1) is 0 Å². The minimum Gasteiger partial charge on any atom is -0.289 e. The molecule has 0 radical (unpaired) electrons. The molecule has 0 aliphatic carbocycles. The summed E-state index contributed by atoms with van der Waals surface area (Å²) in [5.41, 5.74) is 5.74. The van der Waals surface area contributed by atoms with Gasteiger partial charge in [-0.1, -0.05) is 121 Å². The standard InChI is InChI=1S/C35H38N2/c1-26(28-15-7-3-8-16-28)36-24-32-23-33(34(36)30-19-11-5-12-20-30)25-37(27(2)29-17-9-4-10-18-29)35(32)31-21-13-6-14-22-31/h3-22,26-27,32-35H,23-25H2,1-2H3/t26-,27-,32-,33?,34?,35-/m0/s1. The highest BCUT2D eigenvalue weighted by atomic mass is 15.3. The molecule has 4 aromatic rings. The maximum absolute atomic E-state index is 2.82. The predicted octanol–water partition coefficient (Wildman–Crippen LogP) is 8.25. The van der Waals surface area contributed by atoms with Gasteiger partial charge < -0.3 is 0 Å². The lowest BCUT2D eigenvalue weighted by Gasteiger charge is -2.57. The van der Waals surface area contributed by atoms with Crippen molar-refractivity contribution in [2.75, 3.05) is 13.1 Å². The van der Waals surface area contributed by atoms with Crippen LogP contribution in [0.5, 0.6) is 0 Å². The lowest BCUT2D eigenvalue weighted by atomic mass is 9.70. The highest BCUT2D eigenvalue weighted by molar-refractivity contribution is 5.29. The van der Waals surface area contributed by atoms with Crippen LogP contribution >= 0.6 is 0 Å². The average Bonchev–Trinajstić information content (AvgIpc) is 2.97. The molecule has 37 heavy (non-hydrogen) atoms. The molecule has 2 unspecified atom stereocenters. The van der Waals surface area contributed by atoms with E-state index in [1.165, 1.54) is 28.7 Å².